The Morgan fingerprint density at radius 2 is 0.717 bits per heavy atom. The van der Waals surface area contributed by atoms with E-state index in [0.29, 0.717) is 0 Å². The Labute approximate surface area is 306 Å². The first-order valence-corrected chi connectivity index (χ1v) is 23.9. The van der Waals surface area contributed by atoms with Gasteiger partial charge in [-0.3, -0.25) is 0 Å². The topological polar surface area (TPSA) is 0 Å². The molecule has 0 saturated heterocycles. The lowest BCUT2D eigenvalue weighted by Gasteiger charge is -2.08. The monoisotopic (exact) mass is 730 g/mol. The highest BCUT2D eigenvalue weighted by molar-refractivity contribution is 7.99. The molecule has 46 heavy (non-hydrogen) atoms. The Morgan fingerprint density at radius 3 is 1.22 bits per heavy atom. The summed E-state index contributed by atoms with van der Waals surface area (Å²) in [5, 5.41) is 9.21. The van der Waals surface area contributed by atoms with Crippen molar-refractivity contribution in [3.05, 3.63) is 45.8 Å². The van der Waals surface area contributed by atoms with E-state index in [2.05, 4.69) is 83.2 Å². The van der Waals surface area contributed by atoms with Gasteiger partial charge in [0.2, 0.25) is 0 Å². The minimum Gasteiger partial charge on any atom is -0.143 e. The number of rotatable bonds is 27. The first-order chi connectivity index (χ1) is 22.8. The van der Waals surface area contributed by atoms with Crippen LogP contribution in [0.5, 0.6) is 0 Å². The van der Waals surface area contributed by atoms with E-state index in [1.54, 1.807) is 0 Å². The lowest BCUT2D eigenvalue weighted by molar-refractivity contribution is 0.563. The van der Waals surface area contributed by atoms with Gasteiger partial charge in [-0.1, -0.05) is 129 Å². The maximum Gasteiger partial charge on any atom is 0.0584 e. The SMILES string of the molecule is CCCCCCCCCCCCSc1ccsc1-c1ccsc1-c1ccsc1-c1sccc1SCCCCCCCCCCCC. The van der Waals surface area contributed by atoms with E-state index in [0.717, 1.165) is 0 Å². The highest BCUT2D eigenvalue weighted by Crippen LogP contribution is 2.50. The molecule has 0 N–H and O–H groups in total. The lowest BCUT2D eigenvalue weighted by Crippen LogP contribution is -1.85. The third-order valence-corrected chi connectivity index (χ3v) is 15.2. The van der Waals surface area contributed by atoms with Crippen LogP contribution in [0.4, 0.5) is 0 Å². The van der Waals surface area contributed by atoms with Gasteiger partial charge in [-0.25, -0.2) is 0 Å². The van der Waals surface area contributed by atoms with Gasteiger partial charge in [-0.15, -0.1) is 68.9 Å². The quantitative estimate of drug-likeness (QED) is 0.0442. The van der Waals surface area contributed by atoms with Crippen LogP contribution in [0.25, 0.3) is 30.6 Å². The molecule has 254 valence electrons. The summed E-state index contributed by atoms with van der Waals surface area (Å²) in [4.78, 5) is 8.79. The van der Waals surface area contributed by atoms with Crippen molar-refractivity contribution < 1.29 is 0 Å². The number of unbranched alkanes of at least 4 members (excludes halogenated alkanes) is 18. The summed E-state index contributed by atoms with van der Waals surface area (Å²) < 4.78 is 0. The average molecular weight is 731 g/mol. The number of hydrogen-bond donors (Lipinski definition) is 0. The van der Waals surface area contributed by atoms with E-state index in [-0.39, 0.29) is 0 Å². The van der Waals surface area contributed by atoms with Gasteiger partial charge >= 0.3 is 0 Å². The Bertz CT molecular complexity index is 1210. The Balaban J connectivity index is 1.24. The van der Waals surface area contributed by atoms with Gasteiger partial charge in [-0.2, -0.15) is 0 Å². The Morgan fingerprint density at radius 1 is 0.370 bits per heavy atom. The van der Waals surface area contributed by atoms with E-state index < -0.39 is 0 Å². The zero-order valence-corrected chi connectivity index (χ0v) is 33.5. The molecule has 4 rings (SSSR count). The lowest BCUT2D eigenvalue weighted by atomic mass is 10.1. The molecule has 0 unspecified atom stereocenters. The van der Waals surface area contributed by atoms with E-state index in [1.807, 2.05) is 45.3 Å². The highest BCUT2D eigenvalue weighted by atomic mass is 32.2. The van der Waals surface area contributed by atoms with Gasteiger partial charge in [0.25, 0.3) is 0 Å². The van der Waals surface area contributed by atoms with Crippen LogP contribution >= 0.6 is 68.9 Å². The predicted octanol–water partition coefficient (Wildman–Crippen LogP) is 17.0. The first kappa shape index (κ1) is 38.3. The Kier molecular flexibility index (Phi) is 19.8. The first-order valence-electron chi connectivity index (χ1n) is 18.4. The van der Waals surface area contributed by atoms with Crippen molar-refractivity contribution in [2.75, 3.05) is 11.5 Å². The predicted molar refractivity (Wildman–Crippen MR) is 219 cm³/mol. The fraction of sp³-hybridized carbons (Fsp3) is 0.600. The van der Waals surface area contributed by atoms with Gasteiger partial charge in [0.15, 0.2) is 0 Å². The van der Waals surface area contributed by atoms with Crippen molar-refractivity contribution in [2.24, 2.45) is 0 Å². The smallest absolute Gasteiger partial charge is 0.0584 e. The van der Waals surface area contributed by atoms with Crippen molar-refractivity contribution in [1.29, 1.82) is 0 Å². The van der Waals surface area contributed by atoms with Crippen LogP contribution in [0.3, 0.4) is 0 Å². The standard InChI is InChI=1S/C40H58S6/c1-3-5-7-9-11-13-15-17-19-21-27-41-35-25-31-44-38(35)33-23-29-43-37(33)34-24-30-45-39(34)40-36(26-32-46-40)42-28-22-20-18-16-14-12-10-8-6-4-2/h23-26,29-32H,3-22,27-28H2,1-2H3. The number of thiophene rings is 4. The summed E-state index contributed by atoms with van der Waals surface area (Å²) in [6, 6.07) is 9.46. The molecule has 0 fully saturated rings. The third-order valence-electron chi connectivity index (χ3n) is 8.80. The molecule has 0 aromatic carbocycles. The van der Waals surface area contributed by atoms with Gasteiger partial charge in [0, 0.05) is 30.7 Å². The molecule has 4 aromatic rings. The van der Waals surface area contributed by atoms with Crippen LogP contribution in [0.1, 0.15) is 142 Å². The molecule has 6 heteroatoms. The van der Waals surface area contributed by atoms with Gasteiger partial charge < -0.3 is 0 Å². The van der Waals surface area contributed by atoms with Crippen molar-refractivity contribution in [3.63, 3.8) is 0 Å². The molecule has 4 aromatic heterocycles. The number of hydrogen-bond acceptors (Lipinski definition) is 6. The van der Waals surface area contributed by atoms with Crippen molar-refractivity contribution in [1.82, 2.24) is 0 Å². The van der Waals surface area contributed by atoms with Crippen LogP contribution in [0.15, 0.2) is 55.6 Å². The second-order valence-corrected chi connectivity index (χ2v) is 18.6. The molecule has 0 saturated carbocycles. The molecule has 0 aliphatic heterocycles. The Hall–Kier alpha value is -0.500. The summed E-state index contributed by atoms with van der Waals surface area (Å²) in [5.74, 6) is 2.47. The van der Waals surface area contributed by atoms with E-state index in [1.165, 1.54) is 180 Å². The van der Waals surface area contributed by atoms with E-state index >= 15 is 0 Å². The van der Waals surface area contributed by atoms with Crippen LogP contribution in [-0.4, -0.2) is 11.5 Å². The molecule has 4 heterocycles. The second kappa shape index (κ2) is 23.8. The minimum absolute atomic E-state index is 1.23. The third kappa shape index (κ3) is 13.1. The maximum atomic E-state index is 2.37. The second-order valence-electron chi connectivity index (χ2n) is 12.6. The zero-order valence-electron chi connectivity index (χ0n) is 28.6. The molecular formula is C40H58S6. The highest BCUT2D eigenvalue weighted by Gasteiger charge is 2.20. The minimum atomic E-state index is 1.23. The summed E-state index contributed by atoms with van der Waals surface area (Å²) in [7, 11) is 0. The maximum absolute atomic E-state index is 2.37. The van der Waals surface area contributed by atoms with Crippen molar-refractivity contribution in [3.8, 4) is 30.6 Å². The molecule has 0 aliphatic carbocycles. The van der Waals surface area contributed by atoms with Crippen LogP contribution < -0.4 is 0 Å². The molecular weight excluding hydrogens is 673 g/mol. The van der Waals surface area contributed by atoms with Crippen molar-refractivity contribution in [2.45, 2.75) is 152 Å². The van der Waals surface area contributed by atoms with E-state index in [9.17, 15) is 0 Å². The summed E-state index contributed by atoms with van der Waals surface area (Å²) in [6.45, 7) is 4.60. The van der Waals surface area contributed by atoms with Crippen LogP contribution in [0, 0.1) is 0 Å². The van der Waals surface area contributed by atoms with Crippen LogP contribution in [-0.2, 0) is 0 Å². The van der Waals surface area contributed by atoms with Crippen molar-refractivity contribution >= 4 is 68.9 Å². The summed E-state index contributed by atoms with van der Waals surface area (Å²) >= 11 is 11.8. The summed E-state index contributed by atoms with van der Waals surface area (Å²) in [6.07, 6.45) is 28.1. The molecule has 0 radical (unpaired) electrons. The molecule has 0 spiro atoms. The van der Waals surface area contributed by atoms with Gasteiger partial charge in [-0.05, 0) is 70.1 Å². The fourth-order valence-electron chi connectivity index (χ4n) is 6.09. The van der Waals surface area contributed by atoms with E-state index in [4.69, 9.17) is 0 Å². The molecule has 0 bridgehead atoms. The molecule has 0 atom stereocenters. The average Bonchev–Trinajstić information content (AvgIpc) is 3.89. The molecule has 0 nitrogen and oxygen atoms in total. The zero-order chi connectivity index (χ0) is 32.1. The van der Waals surface area contributed by atoms with Crippen LogP contribution in [0.2, 0.25) is 0 Å². The largest absolute Gasteiger partial charge is 0.143 e. The molecule has 0 aliphatic rings. The normalized spacial score (nSPS) is 11.6. The number of thioether (sulfide) groups is 2. The van der Waals surface area contributed by atoms with Gasteiger partial charge in [0.1, 0.15) is 0 Å². The molecule has 0 amide bonds. The fourth-order valence-corrected chi connectivity index (χ4v) is 12.7. The summed E-state index contributed by atoms with van der Waals surface area (Å²) in [5.41, 5.74) is 2.86. The van der Waals surface area contributed by atoms with Gasteiger partial charge in [0.05, 0.1) is 9.75 Å².